The van der Waals surface area contributed by atoms with E-state index in [0.29, 0.717) is 5.13 Å². The second kappa shape index (κ2) is 5.45. The molecule has 1 rings (SSSR count). The second-order valence-electron chi connectivity index (χ2n) is 3.37. The molecule has 1 aromatic rings. The average molecular weight is 243 g/mol. The number of hydrogen-bond acceptors (Lipinski definition) is 4. The molecule has 0 aliphatic heterocycles. The largest absolute Gasteiger partial charge is 0.481 e. The van der Waals surface area contributed by atoms with Gasteiger partial charge in [-0.25, -0.2) is 9.78 Å². The smallest absolute Gasteiger partial charge is 0.321 e. The number of aryl methyl sites for hydroxylation is 1. The lowest BCUT2D eigenvalue weighted by Crippen LogP contribution is -2.34. The van der Waals surface area contributed by atoms with Crippen LogP contribution in [0.2, 0.25) is 0 Å². The van der Waals surface area contributed by atoms with E-state index >= 15 is 0 Å². The van der Waals surface area contributed by atoms with E-state index in [0.717, 1.165) is 5.69 Å². The molecule has 1 aromatic heterocycles. The van der Waals surface area contributed by atoms with E-state index in [1.54, 1.807) is 0 Å². The molecule has 7 heteroatoms. The number of carboxylic acid groups (broad SMARTS) is 1. The van der Waals surface area contributed by atoms with E-state index in [1.807, 2.05) is 12.3 Å². The summed E-state index contributed by atoms with van der Waals surface area (Å²) in [5, 5.41) is 15.9. The summed E-state index contributed by atoms with van der Waals surface area (Å²) in [4.78, 5) is 25.8. The molecule has 3 N–H and O–H groups in total. The lowest BCUT2D eigenvalue weighted by molar-refractivity contribution is -0.140. The first-order chi connectivity index (χ1) is 7.49. The van der Waals surface area contributed by atoms with Crippen LogP contribution in [0, 0.1) is 12.8 Å². The number of aromatic nitrogens is 1. The lowest BCUT2D eigenvalue weighted by atomic mass is 10.2. The molecule has 0 saturated heterocycles. The first-order valence-corrected chi connectivity index (χ1v) is 5.57. The summed E-state index contributed by atoms with van der Waals surface area (Å²) in [6, 6.07) is -0.442. The highest BCUT2D eigenvalue weighted by Crippen LogP contribution is 2.13. The standard InChI is InChI=1S/C9H13N3O3S/c1-5(7(13)14)3-10-8(15)12-9-11-6(2)4-16-9/h4-5H,3H2,1-2H3,(H,13,14)(H2,10,11,12,15). The van der Waals surface area contributed by atoms with Crippen LogP contribution in [0.1, 0.15) is 12.6 Å². The third-order valence-electron chi connectivity index (χ3n) is 1.83. The van der Waals surface area contributed by atoms with Gasteiger partial charge in [0, 0.05) is 11.9 Å². The lowest BCUT2D eigenvalue weighted by Gasteiger charge is -2.08. The highest BCUT2D eigenvalue weighted by atomic mass is 32.1. The molecular weight excluding hydrogens is 230 g/mol. The van der Waals surface area contributed by atoms with Crippen LogP contribution < -0.4 is 10.6 Å². The zero-order valence-corrected chi connectivity index (χ0v) is 9.80. The van der Waals surface area contributed by atoms with Crippen molar-refractivity contribution in [3.05, 3.63) is 11.1 Å². The summed E-state index contributed by atoms with van der Waals surface area (Å²) in [6.07, 6.45) is 0. The number of carbonyl (C=O) groups excluding carboxylic acids is 1. The number of thiazole rings is 1. The van der Waals surface area contributed by atoms with Gasteiger partial charge < -0.3 is 10.4 Å². The Kier molecular flexibility index (Phi) is 4.24. The number of carbonyl (C=O) groups is 2. The number of urea groups is 1. The average Bonchev–Trinajstić information content (AvgIpc) is 2.60. The van der Waals surface area contributed by atoms with E-state index < -0.39 is 17.9 Å². The van der Waals surface area contributed by atoms with Gasteiger partial charge in [-0.1, -0.05) is 6.92 Å². The number of amides is 2. The van der Waals surface area contributed by atoms with Crippen molar-refractivity contribution in [1.82, 2.24) is 10.3 Å². The minimum atomic E-state index is -0.939. The number of rotatable bonds is 4. The quantitative estimate of drug-likeness (QED) is 0.743. The molecule has 16 heavy (non-hydrogen) atoms. The molecule has 2 amide bonds. The number of nitrogens with one attached hydrogen (secondary N) is 2. The van der Waals surface area contributed by atoms with Crippen molar-refractivity contribution >= 4 is 28.5 Å². The highest BCUT2D eigenvalue weighted by molar-refractivity contribution is 7.13. The molecule has 0 bridgehead atoms. The first-order valence-electron chi connectivity index (χ1n) is 4.69. The van der Waals surface area contributed by atoms with Crippen LogP contribution in [0.15, 0.2) is 5.38 Å². The van der Waals surface area contributed by atoms with Crippen molar-refractivity contribution in [1.29, 1.82) is 0 Å². The van der Waals surface area contributed by atoms with Crippen LogP contribution in [0.5, 0.6) is 0 Å². The number of nitrogens with zero attached hydrogens (tertiary/aromatic N) is 1. The predicted molar refractivity (Wildman–Crippen MR) is 60.7 cm³/mol. The van der Waals surface area contributed by atoms with Gasteiger partial charge in [0.25, 0.3) is 0 Å². The van der Waals surface area contributed by atoms with Gasteiger partial charge in [-0.3, -0.25) is 10.1 Å². The first kappa shape index (κ1) is 12.4. The van der Waals surface area contributed by atoms with Gasteiger partial charge >= 0.3 is 12.0 Å². The maximum Gasteiger partial charge on any atom is 0.321 e. The maximum absolute atomic E-state index is 11.3. The predicted octanol–water partition coefficient (Wildman–Crippen LogP) is 1.29. The fourth-order valence-electron chi connectivity index (χ4n) is 0.886. The van der Waals surface area contributed by atoms with E-state index in [4.69, 9.17) is 5.11 Å². The molecule has 0 radical (unpaired) electrons. The fourth-order valence-corrected chi connectivity index (χ4v) is 1.57. The van der Waals surface area contributed by atoms with Gasteiger partial charge in [-0.05, 0) is 6.92 Å². The van der Waals surface area contributed by atoms with E-state index in [2.05, 4.69) is 15.6 Å². The summed E-state index contributed by atoms with van der Waals surface area (Å²) < 4.78 is 0. The van der Waals surface area contributed by atoms with Crippen LogP contribution in [-0.4, -0.2) is 28.6 Å². The second-order valence-corrected chi connectivity index (χ2v) is 4.23. The topological polar surface area (TPSA) is 91.3 Å². The molecule has 0 aliphatic carbocycles. The molecule has 88 valence electrons. The van der Waals surface area contributed by atoms with Gasteiger partial charge in [-0.15, -0.1) is 11.3 Å². The molecule has 0 fully saturated rings. The van der Waals surface area contributed by atoms with Crippen LogP contribution in [-0.2, 0) is 4.79 Å². The van der Waals surface area contributed by atoms with Gasteiger partial charge in [0.2, 0.25) is 0 Å². The molecule has 0 aromatic carbocycles. The SMILES string of the molecule is Cc1csc(NC(=O)NCC(C)C(=O)O)n1. The van der Waals surface area contributed by atoms with Crippen molar-refractivity contribution in [3.8, 4) is 0 Å². The third kappa shape index (κ3) is 3.85. The summed E-state index contributed by atoms with van der Waals surface area (Å²) >= 11 is 1.32. The normalized spacial score (nSPS) is 11.9. The van der Waals surface area contributed by atoms with E-state index in [1.165, 1.54) is 18.3 Å². The zero-order chi connectivity index (χ0) is 12.1. The van der Waals surface area contributed by atoms with Crippen LogP contribution in [0.4, 0.5) is 9.93 Å². The van der Waals surface area contributed by atoms with Gasteiger partial charge in [-0.2, -0.15) is 0 Å². The Balaban J connectivity index is 2.34. The molecular formula is C9H13N3O3S. The van der Waals surface area contributed by atoms with Crippen molar-refractivity contribution in [2.45, 2.75) is 13.8 Å². The number of anilines is 1. The summed E-state index contributed by atoms with van der Waals surface area (Å²) in [6.45, 7) is 3.44. The molecule has 0 aliphatic rings. The van der Waals surface area contributed by atoms with E-state index in [-0.39, 0.29) is 6.54 Å². The minimum absolute atomic E-state index is 0.0888. The number of aliphatic carboxylic acids is 1. The fraction of sp³-hybridized carbons (Fsp3) is 0.444. The Morgan fingerprint density at radius 3 is 2.81 bits per heavy atom. The van der Waals surface area contributed by atoms with Crippen molar-refractivity contribution in [2.24, 2.45) is 5.92 Å². The summed E-state index contributed by atoms with van der Waals surface area (Å²) in [7, 11) is 0. The highest BCUT2D eigenvalue weighted by Gasteiger charge is 2.12. The molecule has 1 unspecified atom stereocenters. The Hall–Kier alpha value is -1.63. The molecule has 1 heterocycles. The third-order valence-corrected chi connectivity index (χ3v) is 2.71. The summed E-state index contributed by atoms with van der Waals surface area (Å²) in [5.41, 5.74) is 0.833. The number of hydrogen-bond donors (Lipinski definition) is 3. The maximum atomic E-state index is 11.3. The molecule has 6 nitrogen and oxygen atoms in total. The molecule has 0 saturated carbocycles. The molecule has 0 spiro atoms. The van der Waals surface area contributed by atoms with Gasteiger partial charge in [0.15, 0.2) is 5.13 Å². The minimum Gasteiger partial charge on any atom is -0.481 e. The van der Waals surface area contributed by atoms with Crippen LogP contribution >= 0.6 is 11.3 Å². The van der Waals surface area contributed by atoms with E-state index in [9.17, 15) is 9.59 Å². The van der Waals surface area contributed by atoms with Crippen LogP contribution in [0.25, 0.3) is 0 Å². The monoisotopic (exact) mass is 243 g/mol. The summed E-state index contributed by atoms with van der Waals surface area (Å²) in [5.74, 6) is -1.55. The Labute approximate surface area is 96.7 Å². The van der Waals surface area contributed by atoms with Gasteiger partial charge in [0.1, 0.15) is 0 Å². The Morgan fingerprint density at radius 1 is 1.62 bits per heavy atom. The molecule has 1 atom stereocenters. The Morgan fingerprint density at radius 2 is 2.31 bits per heavy atom. The van der Waals surface area contributed by atoms with Crippen molar-refractivity contribution in [3.63, 3.8) is 0 Å². The van der Waals surface area contributed by atoms with Gasteiger partial charge in [0.05, 0.1) is 11.6 Å². The van der Waals surface area contributed by atoms with Crippen LogP contribution in [0.3, 0.4) is 0 Å². The number of carboxylic acids is 1. The van der Waals surface area contributed by atoms with Crippen molar-refractivity contribution in [2.75, 3.05) is 11.9 Å². The Bertz CT molecular complexity index is 391. The zero-order valence-electron chi connectivity index (χ0n) is 8.98. The van der Waals surface area contributed by atoms with Crippen molar-refractivity contribution < 1.29 is 14.7 Å².